The quantitative estimate of drug-likeness (QED) is 0.865. The summed E-state index contributed by atoms with van der Waals surface area (Å²) < 4.78 is 5.25. The van der Waals surface area contributed by atoms with Crippen molar-refractivity contribution >= 4 is 0 Å². The Balaban J connectivity index is 2.38. The molecule has 0 radical (unpaired) electrons. The van der Waals surface area contributed by atoms with E-state index in [-0.39, 0.29) is 6.61 Å². The summed E-state index contributed by atoms with van der Waals surface area (Å²) in [7, 11) is 3.58. The van der Waals surface area contributed by atoms with Crippen LogP contribution in [0.5, 0.6) is 5.75 Å². The maximum atomic E-state index is 9.43. The molecule has 0 saturated carbocycles. The summed E-state index contributed by atoms with van der Waals surface area (Å²) in [5, 5.41) is 12.6. The summed E-state index contributed by atoms with van der Waals surface area (Å²) in [6.45, 7) is 0.878. The van der Waals surface area contributed by atoms with Crippen LogP contribution in [-0.2, 0) is 13.2 Å². The Kier molecular flexibility index (Phi) is 4.55. The average Bonchev–Trinajstić information content (AvgIpc) is 2.47. The summed E-state index contributed by atoms with van der Waals surface area (Å²) >= 11 is 0. The fourth-order valence-electron chi connectivity index (χ4n) is 2.10. The number of aliphatic hydroxyl groups is 1. The maximum absolute atomic E-state index is 9.43. The molecular formula is C16H19NO2. The smallest absolute Gasteiger partial charge is 0.119 e. The van der Waals surface area contributed by atoms with E-state index in [2.05, 4.69) is 29.6 Å². The normalized spacial score (nSPS) is 10.5. The molecule has 2 aromatic carbocycles. The summed E-state index contributed by atoms with van der Waals surface area (Å²) in [5.74, 6) is 0.798. The van der Waals surface area contributed by atoms with E-state index in [4.69, 9.17) is 4.74 Å². The zero-order valence-corrected chi connectivity index (χ0v) is 11.3. The topological polar surface area (TPSA) is 41.5 Å². The predicted octanol–water partition coefficient (Wildman–Crippen LogP) is 2.57. The fraction of sp³-hybridized carbons (Fsp3) is 0.250. The molecule has 2 aromatic rings. The van der Waals surface area contributed by atoms with Gasteiger partial charge in [0.2, 0.25) is 0 Å². The number of aliphatic hydroxyl groups excluding tert-OH is 1. The third-order valence-corrected chi connectivity index (χ3v) is 3.13. The molecule has 0 saturated heterocycles. The van der Waals surface area contributed by atoms with Crippen molar-refractivity contribution in [1.29, 1.82) is 0 Å². The Morgan fingerprint density at radius 1 is 1.11 bits per heavy atom. The second kappa shape index (κ2) is 6.36. The molecule has 0 bridgehead atoms. The third kappa shape index (κ3) is 3.13. The van der Waals surface area contributed by atoms with Gasteiger partial charge in [0.25, 0.3) is 0 Å². The number of methoxy groups -OCH3 is 1. The van der Waals surface area contributed by atoms with Crippen molar-refractivity contribution < 1.29 is 9.84 Å². The van der Waals surface area contributed by atoms with E-state index >= 15 is 0 Å². The van der Waals surface area contributed by atoms with Crippen LogP contribution in [0.1, 0.15) is 11.1 Å². The molecule has 0 amide bonds. The molecule has 0 aliphatic carbocycles. The van der Waals surface area contributed by atoms with Gasteiger partial charge in [-0.25, -0.2) is 0 Å². The molecule has 0 aromatic heterocycles. The van der Waals surface area contributed by atoms with Crippen molar-refractivity contribution in [2.24, 2.45) is 0 Å². The zero-order valence-electron chi connectivity index (χ0n) is 11.3. The van der Waals surface area contributed by atoms with E-state index in [0.29, 0.717) is 0 Å². The highest BCUT2D eigenvalue weighted by Gasteiger charge is 2.06. The lowest BCUT2D eigenvalue weighted by molar-refractivity contribution is 0.282. The van der Waals surface area contributed by atoms with Gasteiger partial charge in [0.15, 0.2) is 0 Å². The molecule has 3 nitrogen and oxygen atoms in total. The lowest BCUT2D eigenvalue weighted by Gasteiger charge is -2.11. The largest absolute Gasteiger partial charge is 0.497 e. The van der Waals surface area contributed by atoms with Crippen LogP contribution in [0.2, 0.25) is 0 Å². The minimum absolute atomic E-state index is 0.0254. The summed E-state index contributed by atoms with van der Waals surface area (Å²) in [5.41, 5.74) is 4.24. The highest BCUT2D eigenvalue weighted by molar-refractivity contribution is 5.69. The number of hydrogen-bond donors (Lipinski definition) is 2. The summed E-state index contributed by atoms with van der Waals surface area (Å²) in [6.07, 6.45) is 0. The van der Waals surface area contributed by atoms with Crippen molar-refractivity contribution in [3.8, 4) is 16.9 Å². The second-order valence-corrected chi connectivity index (χ2v) is 4.41. The van der Waals surface area contributed by atoms with E-state index in [1.54, 1.807) is 7.11 Å². The predicted molar refractivity (Wildman–Crippen MR) is 77.1 cm³/mol. The highest BCUT2D eigenvalue weighted by atomic mass is 16.5. The Bertz CT molecular complexity index is 535. The standard InChI is InChI=1S/C16H19NO2/c1-17-10-12-3-5-13(6-4-12)16-9-15(19-2)8-7-14(16)11-18/h3-9,17-18H,10-11H2,1-2H3. The number of rotatable bonds is 5. The van der Waals surface area contributed by atoms with Crippen LogP contribution in [0.3, 0.4) is 0 Å². The first-order valence-corrected chi connectivity index (χ1v) is 6.30. The average molecular weight is 257 g/mol. The summed E-state index contributed by atoms with van der Waals surface area (Å²) in [6, 6.07) is 14.0. The molecule has 0 spiro atoms. The van der Waals surface area contributed by atoms with Gasteiger partial charge in [-0.3, -0.25) is 0 Å². The Hall–Kier alpha value is -1.84. The van der Waals surface area contributed by atoms with Crippen molar-refractivity contribution in [2.45, 2.75) is 13.2 Å². The van der Waals surface area contributed by atoms with Gasteiger partial charge in [-0.15, -0.1) is 0 Å². The van der Waals surface area contributed by atoms with Crippen LogP contribution in [0.15, 0.2) is 42.5 Å². The van der Waals surface area contributed by atoms with Crippen LogP contribution in [0.25, 0.3) is 11.1 Å². The molecule has 3 heteroatoms. The van der Waals surface area contributed by atoms with E-state index < -0.39 is 0 Å². The molecule has 2 N–H and O–H groups in total. The summed E-state index contributed by atoms with van der Waals surface area (Å²) in [4.78, 5) is 0. The molecule has 100 valence electrons. The number of hydrogen-bond acceptors (Lipinski definition) is 3. The van der Waals surface area contributed by atoms with Crippen molar-refractivity contribution in [2.75, 3.05) is 14.2 Å². The van der Waals surface area contributed by atoms with E-state index in [1.165, 1.54) is 5.56 Å². The van der Waals surface area contributed by atoms with Crippen molar-refractivity contribution in [1.82, 2.24) is 5.32 Å². The molecule has 0 fully saturated rings. The van der Waals surface area contributed by atoms with Crippen molar-refractivity contribution in [3.05, 3.63) is 53.6 Å². The minimum atomic E-state index is 0.0254. The SMILES string of the molecule is CNCc1ccc(-c2cc(OC)ccc2CO)cc1. The van der Waals surface area contributed by atoms with E-state index in [0.717, 1.165) is 29.0 Å². The monoisotopic (exact) mass is 257 g/mol. The van der Waals surface area contributed by atoms with Gasteiger partial charge in [-0.2, -0.15) is 0 Å². The van der Waals surface area contributed by atoms with E-state index in [9.17, 15) is 5.11 Å². The molecular weight excluding hydrogens is 238 g/mol. The van der Waals surface area contributed by atoms with Crippen LogP contribution in [-0.4, -0.2) is 19.3 Å². The molecule has 0 atom stereocenters. The van der Waals surface area contributed by atoms with Gasteiger partial charge in [0, 0.05) is 6.54 Å². The van der Waals surface area contributed by atoms with Gasteiger partial charge in [-0.1, -0.05) is 30.3 Å². The van der Waals surface area contributed by atoms with Gasteiger partial charge < -0.3 is 15.2 Å². The maximum Gasteiger partial charge on any atom is 0.119 e. The number of ether oxygens (including phenoxy) is 1. The van der Waals surface area contributed by atoms with Crippen LogP contribution in [0, 0.1) is 0 Å². The number of benzene rings is 2. The van der Waals surface area contributed by atoms with Gasteiger partial charge in [0.05, 0.1) is 13.7 Å². The molecule has 0 unspecified atom stereocenters. The van der Waals surface area contributed by atoms with Crippen LogP contribution >= 0.6 is 0 Å². The van der Waals surface area contributed by atoms with Crippen LogP contribution in [0.4, 0.5) is 0 Å². The fourth-order valence-corrected chi connectivity index (χ4v) is 2.10. The van der Waals surface area contributed by atoms with Gasteiger partial charge in [0.1, 0.15) is 5.75 Å². The molecule has 2 rings (SSSR count). The zero-order chi connectivity index (χ0) is 13.7. The number of nitrogens with one attached hydrogen (secondary N) is 1. The lowest BCUT2D eigenvalue weighted by Crippen LogP contribution is -2.04. The Morgan fingerprint density at radius 3 is 2.42 bits per heavy atom. The van der Waals surface area contributed by atoms with Gasteiger partial charge in [-0.05, 0) is 41.4 Å². The third-order valence-electron chi connectivity index (χ3n) is 3.13. The first kappa shape index (κ1) is 13.6. The minimum Gasteiger partial charge on any atom is -0.497 e. The second-order valence-electron chi connectivity index (χ2n) is 4.41. The Labute approximate surface area is 113 Å². The van der Waals surface area contributed by atoms with Crippen LogP contribution < -0.4 is 10.1 Å². The molecule has 0 aliphatic heterocycles. The first-order valence-electron chi connectivity index (χ1n) is 6.30. The van der Waals surface area contributed by atoms with Gasteiger partial charge >= 0.3 is 0 Å². The highest BCUT2D eigenvalue weighted by Crippen LogP contribution is 2.28. The molecule has 19 heavy (non-hydrogen) atoms. The molecule has 0 heterocycles. The lowest BCUT2D eigenvalue weighted by atomic mass is 9.98. The molecule has 0 aliphatic rings. The Morgan fingerprint density at radius 2 is 1.84 bits per heavy atom. The van der Waals surface area contributed by atoms with E-state index in [1.807, 2.05) is 25.2 Å². The van der Waals surface area contributed by atoms with Crippen molar-refractivity contribution in [3.63, 3.8) is 0 Å². The first-order chi connectivity index (χ1) is 9.28.